The third kappa shape index (κ3) is 4.29. The van der Waals surface area contributed by atoms with Crippen LogP contribution in [0.3, 0.4) is 0 Å². The van der Waals surface area contributed by atoms with Gasteiger partial charge in [0.1, 0.15) is 10.6 Å². The Kier molecular flexibility index (Phi) is 5.78. The molecular weight excluding hydrogens is 376 g/mol. The number of thioether (sulfide) groups is 1. The minimum absolute atomic E-state index is 0.0155. The van der Waals surface area contributed by atoms with Gasteiger partial charge in [0.05, 0.1) is 22.2 Å². The van der Waals surface area contributed by atoms with Crippen molar-refractivity contribution >= 4 is 39.9 Å². The van der Waals surface area contributed by atoms with Crippen molar-refractivity contribution in [2.24, 2.45) is 5.92 Å². The predicted molar refractivity (Wildman–Crippen MR) is 111 cm³/mol. The summed E-state index contributed by atoms with van der Waals surface area (Å²) in [6, 6.07) is 13.9. The van der Waals surface area contributed by atoms with Crippen LogP contribution in [0.2, 0.25) is 0 Å². The second-order valence-corrected chi connectivity index (χ2v) is 8.56. The zero-order valence-electron chi connectivity index (χ0n) is 15.4. The van der Waals surface area contributed by atoms with Crippen LogP contribution in [0.4, 0.5) is 0 Å². The standard InChI is InChI=1S/C20H20N4OS2/c1-13(2)20(3,12-21)24-17(25)11-27-19-14-7-4-5-8-15(14)22-18(23-19)16-9-6-10-26-16/h4-10,13H,11H2,1-3H3,(H,24,25)/t20-/m0/s1. The largest absolute Gasteiger partial charge is 0.337 e. The number of carbonyl (C=O) groups is 1. The molecule has 0 spiro atoms. The van der Waals surface area contributed by atoms with E-state index < -0.39 is 5.54 Å². The van der Waals surface area contributed by atoms with Crippen LogP contribution < -0.4 is 5.32 Å². The van der Waals surface area contributed by atoms with Crippen molar-refractivity contribution in [3.63, 3.8) is 0 Å². The van der Waals surface area contributed by atoms with Gasteiger partial charge < -0.3 is 5.32 Å². The van der Waals surface area contributed by atoms with E-state index in [0.29, 0.717) is 5.82 Å². The Balaban J connectivity index is 1.84. The van der Waals surface area contributed by atoms with Crippen LogP contribution in [-0.2, 0) is 4.79 Å². The molecule has 1 atom stereocenters. The number of thiophene rings is 1. The van der Waals surface area contributed by atoms with Gasteiger partial charge in [-0.2, -0.15) is 5.26 Å². The van der Waals surface area contributed by atoms with E-state index in [0.717, 1.165) is 20.8 Å². The minimum atomic E-state index is -0.881. The summed E-state index contributed by atoms with van der Waals surface area (Å²) in [5.74, 6) is 0.685. The molecule has 5 nitrogen and oxygen atoms in total. The fourth-order valence-corrected chi connectivity index (χ4v) is 3.91. The van der Waals surface area contributed by atoms with Crippen LogP contribution in [0.5, 0.6) is 0 Å². The van der Waals surface area contributed by atoms with E-state index >= 15 is 0 Å². The first-order valence-corrected chi connectivity index (χ1v) is 10.4. The Labute approximate surface area is 166 Å². The first-order chi connectivity index (χ1) is 12.9. The number of para-hydroxylation sites is 1. The van der Waals surface area contributed by atoms with Crippen LogP contribution in [0, 0.1) is 17.2 Å². The van der Waals surface area contributed by atoms with Gasteiger partial charge in [-0.3, -0.25) is 4.79 Å². The molecule has 0 aliphatic carbocycles. The van der Waals surface area contributed by atoms with Crippen LogP contribution in [-0.4, -0.2) is 27.2 Å². The normalized spacial score (nSPS) is 13.3. The van der Waals surface area contributed by atoms with Crippen LogP contribution in [0.1, 0.15) is 20.8 Å². The molecule has 1 aromatic carbocycles. The molecule has 0 aliphatic rings. The van der Waals surface area contributed by atoms with E-state index in [4.69, 9.17) is 0 Å². The van der Waals surface area contributed by atoms with E-state index in [2.05, 4.69) is 21.4 Å². The molecule has 0 radical (unpaired) electrons. The number of carbonyl (C=O) groups excluding carboxylic acids is 1. The average molecular weight is 397 g/mol. The van der Waals surface area contributed by atoms with E-state index in [1.807, 2.05) is 55.6 Å². The molecule has 2 aromatic heterocycles. The molecule has 3 aromatic rings. The molecular formula is C20H20N4OS2. The Morgan fingerprint density at radius 1 is 1.30 bits per heavy atom. The van der Waals surface area contributed by atoms with E-state index in [9.17, 15) is 10.1 Å². The average Bonchev–Trinajstić information content (AvgIpc) is 3.20. The zero-order valence-corrected chi connectivity index (χ0v) is 17.0. The fraction of sp³-hybridized carbons (Fsp3) is 0.300. The lowest BCUT2D eigenvalue weighted by Crippen LogP contribution is -2.49. The molecule has 0 saturated carbocycles. The number of fused-ring (bicyclic) bond motifs is 1. The van der Waals surface area contributed by atoms with Gasteiger partial charge in [-0.25, -0.2) is 9.97 Å². The zero-order chi connectivity index (χ0) is 19.4. The predicted octanol–water partition coefficient (Wildman–Crippen LogP) is 4.50. The highest BCUT2D eigenvalue weighted by atomic mass is 32.2. The Bertz CT molecular complexity index is 995. The lowest BCUT2D eigenvalue weighted by atomic mass is 9.90. The SMILES string of the molecule is CC(C)[C@](C)(C#N)NC(=O)CSc1nc(-c2cccs2)nc2ccccc12. The summed E-state index contributed by atoms with van der Waals surface area (Å²) < 4.78 is 0. The van der Waals surface area contributed by atoms with Crippen molar-refractivity contribution in [2.75, 3.05) is 5.75 Å². The van der Waals surface area contributed by atoms with Gasteiger partial charge in [0.25, 0.3) is 0 Å². The minimum Gasteiger partial charge on any atom is -0.337 e. The lowest BCUT2D eigenvalue weighted by molar-refractivity contribution is -0.120. The summed E-state index contributed by atoms with van der Waals surface area (Å²) in [5, 5.41) is 15.9. The number of hydrogen-bond donors (Lipinski definition) is 1. The third-order valence-corrected chi connectivity index (χ3v) is 6.29. The van der Waals surface area contributed by atoms with Gasteiger partial charge in [-0.05, 0) is 30.4 Å². The molecule has 2 heterocycles. The van der Waals surface area contributed by atoms with Crippen LogP contribution in [0.15, 0.2) is 46.8 Å². The molecule has 27 heavy (non-hydrogen) atoms. The maximum Gasteiger partial charge on any atom is 0.231 e. The maximum absolute atomic E-state index is 12.4. The quantitative estimate of drug-likeness (QED) is 0.490. The number of benzene rings is 1. The molecule has 0 bridgehead atoms. The monoisotopic (exact) mass is 396 g/mol. The lowest BCUT2D eigenvalue weighted by Gasteiger charge is -2.27. The third-order valence-electron chi connectivity index (χ3n) is 4.44. The van der Waals surface area contributed by atoms with Gasteiger partial charge >= 0.3 is 0 Å². The van der Waals surface area contributed by atoms with Gasteiger partial charge in [-0.15, -0.1) is 11.3 Å². The Hall–Kier alpha value is -2.43. The van der Waals surface area contributed by atoms with Crippen LogP contribution in [0.25, 0.3) is 21.6 Å². The molecule has 0 saturated heterocycles. The maximum atomic E-state index is 12.4. The second kappa shape index (κ2) is 8.07. The first-order valence-electron chi connectivity index (χ1n) is 8.58. The van der Waals surface area contributed by atoms with Gasteiger partial charge in [0, 0.05) is 5.39 Å². The van der Waals surface area contributed by atoms with Crippen molar-refractivity contribution in [3.05, 3.63) is 41.8 Å². The van der Waals surface area contributed by atoms with Crippen molar-refractivity contribution < 1.29 is 4.79 Å². The second-order valence-electron chi connectivity index (χ2n) is 6.65. The number of nitrogens with zero attached hydrogens (tertiary/aromatic N) is 3. The molecule has 0 aliphatic heterocycles. The molecule has 0 fully saturated rings. The van der Waals surface area contributed by atoms with E-state index in [1.165, 1.54) is 11.8 Å². The molecule has 138 valence electrons. The van der Waals surface area contributed by atoms with Gasteiger partial charge in [0.2, 0.25) is 5.91 Å². The molecule has 3 rings (SSSR count). The number of rotatable bonds is 6. The van der Waals surface area contributed by atoms with Crippen molar-refractivity contribution in [3.8, 4) is 16.8 Å². The Morgan fingerprint density at radius 3 is 2.74 bits per heavy atom. The van der Waals surface area contributed by atoms with Gasteiger partial charge in [-0.1, -0.05) is 49.9 Å². The van der Waals surface area contributed by atoms with Crippen molar-refractivity contribution in [1.29, 1.82) is 5.26 Å². The summed E-state index contributed by atoms with van der Waals surface area (Å²) in [7, 11) is 0. The van der Waals surface area contributed by atoms with Gasteiger partial charge in [0.15, 0.2) is 5.82 Å². The highest BCUT2D eigenvalue weighted by molar-refractivity contribution is 8.00. The number of nitriles is 1. The fourth-order valence-electron chi connectivity index (χ4n) is 2.43. The molecule has 0 unspecified atom stereocenters. The topological polar surface area (TPSA) is 78.7 Å². The summed E-state index contributed by atoms with van der Waals surface area (Å²) in [4.78, 5) is 22.7. The summed E-state index contributed by atoms with van der Waals surface area (Å²) >= 11 is 2.95. The van der Waals surface area contributed by atoms with E-state index in [-0.39, 0.29) is 17.6 Å². The van der Waals surface area contributed by atoms with Crippen molar-refractivity contribution in [2.45, 2.75) is 31.3 Å². The molecule has 1 amide bonds. The smallest absolute Gasteiger partial charge is 0.231 e. The highest BCUT2D eigenvalue weighted by Crippen LogP contribution is 2.30. The van der Waals surface area contributed by atoms with Crippen LogP contribution >= 0.6 is 23.1 Å². The Morgan fingerprint density at radius 2 is 2.07 bits per heavy atom. The number of hydrogen-bond acceptors (Lipinski definition) is 6. The summed E-state index contributed by atoms with van der Waals surface area (Å²) in [6.45, 7) is 5.58. The summed E-state index contributed by atoms with van der Waals surface area (Å²) in [6.07, 6.45) is 0. The number of amides is 1. The number of nitrogens with one attached hydrogen (secondary N) is 1. The molecule has 1 N–H and O–H groups in total. The van der Waals surface area contributed by atoms with E-state index in [1.54, 1.807) is 18.3 Å². The highest BCUT2D eigenvalue weighted by Gasteiger charge is 2.29. The molecule has 7 heteroatoms. The summed E-state index contributed by atoms with van der Waals surface area (Å²) in [5.41, 5.74) is -0.0316. The number of aromatic nitrogens is 2. The first kappa shape index (κ1) is 19.3. The van der Waals surface area contributed by atoms with Crippen molar-refractivity contribution in [1.82, 2.24) is 15.3 Å².